The van der Waals surface area contributed by atoms with Crippen molar-refractivity contribution in [3.8, 4) is 0 Å². The first-order valence-corrected chi connectivity index (χ1v) is 6.96. The predicted octanol–water partition coefficient (Wildman–Crippen LogP) is -0.424. The molecule has 0 atom stereocenters. The van der Waals surface area contributed by atoms with E-state index in [4.69, 9.17) is 0 Å². The van der Waals surface area contributed by atoms with Crippen LogP contribution in [0.4, 0.5) is 0 Å². The Bertz CT molecular complexity index is 539. The molecule has 8 nitrogen and oxygen atoms in total. The number of carbonyl (C=O) groups excluding carboxylic acids is 2. The summed E-state index contributed by atoms with van der Waals surface area (Å²) < 4.78 is 50.5. The maximum absolute atomic E-state index is 10.8. The third-order valence-corrected chi connectivity index (χ3v) is 2.77. The van der Waals surface area contributed by atoms with Gasteiger partial charge >= 0.3 is 32.2 Å². The topological polar surface area (TPSA) is 121 Å². The van der Waals surface area contributed by atoms with Gasteiger partial charge in [-0.25, -0.2) is 9.59 Å². The Morgan fingerprint density at radius 1 is 0.778 bits per heavy atom. The van der Waals surface area contributed by atoms with Crippen molar-refractivity contribution in [1.29, 1.82) is 0 Å². The molecule has 18 heavy (non-hydrogen) atoms. The van der Waals surface area contributed by atoms with Gasteiger partial charge in [-0.1, -0.05) is 13.2 Å². The first-order valence-electron chi connectivity index (χ1n) is 4.02. The fourth-order valence-electron chi connectivity index (χ4n) is 0.489. The predicted molar refractivity (Wildman–Crippen MR) is 59.6 cm³/mol. The molecular weight excluding hydrogens is 288 g/mol. The molecule has 0 saturated carbocycles. The van der Waals surface area contributed by atoms with E-state index in [2.05, 4.69) is 21.5 Å². The first kappa shape index (κ1) is 16.1. The SMILES string of the molecule is C=CS(=O)(=O)OC(=O)/C=C\C(=O)OS(=O)(=O)C=C. The van der Waals surface area contributed by atoms with Gasteiger partial charge in [0.1, 0.15) is 0 Å². The van der Waals surface area contributed by atoms with E-state index in [9.17, 15) is 26.4 Å². The van der Waals surface area contributed by atoms with Crippen LogP contribution in [0.1, 0.15) is 0 Å². The molecule has 0 spiro atoms. The van der Waals surface area contributed by atoms with Crippen molar-refractivity contribution >= 4 is 32.2 Å². The van der Waals surface area contributed by atoms with Gasteiger partial charge in [0.05, 0.1) is 10.8 Å². The lowest BCUT2D eigenvalue weighted by Crippen LogP contribution is -2.10. The van der Waals surface area contributed by atoms with Crippen LogP contribution in [0.3, 0.4) is 0 Å². The summed E-state index contributed by atoms with van der Waals surface area (Å²) in [5.41, 5.74) is 0. The molecule has 0 aromatic heterocycles. The van der Waals surface area contributed by atoms with Crippen LogP contribution in [0.5, 0.6) is 0 Å². The standard InChI is InChI=1S/C8H8O8S2/c1-3-17(11,12)15-7(9)5-6-8(10)16-18(13,14)4-2/h3-6H,1-2H2/b6-5-. The molecular formula is C8H8O8S2. The van der Waals surface area contributed by atoms with E-state index in [1.54, 1.807) is 0 Å². The summed E-state index contributed by atoms with van der Waals surface area (Å²) in [6.07, 6.45) is 0.754. The molecule has 0 aliphatic carbocycles. The third-order valence-electron chi connectivity index (χ3n) is 1.16. The smallest absolute Gasteiger partial charge is 0.339 e. The highest BCUT2D eigenvalue weighted by Gasteiger charge is 2.13. The quantitative estimate of drug-likeness (QED) is 0.478. The Morgan fingerprint density at radius 2 is 1.06 bits per heavy atom. The molecule has 10 heteroatoms. The lowest BCUT2D eigenvalue weighted by atomic mass is 10.5. The average Bonchev–Trinajstić information content (AvgIpc) is 2.25. The minimum absolute atomic E-state index is 0.374. The zero-order chi connectivity index (χ0) is 14.4. The monoisotopic (exact) mass is 296 g/mol. The summed E-state index contributed by atoms with van der Waals surface area (Å²) in [6, 6.07) is 0. The molecule has 0 aliphatic rings. The van der Waals surface area contributed by atoms with Crippen LogP contribution >= 0.6 is 0 Å². The average molecular weight is 296 g/mol. The van der Waals surface area contributed by atoms with Crippen molar-refractivity contribution in [3.05, 3.63) is 36.1 Å². The van der Waals surface area contributed by atoms with Gasteiger partial charge in [-0.3, -0.25) is 0 Å². The number of carbonyl (C=O) groups is 2. The van der Waals surface area contributed by atoms with Crippen molar-refractivity contribution in [1.82, 2.24) is 0 Å². The van der Waals surface area contributed by atoms with Crippen molar-refractivity contribution < 1.29 is 34.8 Å². The molecule has 0 N–H and O–H groups in total. The number of rotatable bonds is 6. The summed E-state index contributed by atoms with van der Waals surface area (Å²) in [5, 5.41) is 0.748. The van der Waals surface area contributed by atoms with Gasteiger partial charge in [0.15, 0.2) is 0 Å². The highest BCUT2D eigenvalue weighted by atomic mass is 32.2. The largest absolute Gasteiger partial charge is 0.347 e. The van der Waals surface area contributed by atoms with Gasteiger partial charge in [0.25, 0.3) is 0 Å². The van der Waals surface area contributed by atoms with Crippen molar-refractivity contribution in [3.63, 3.8) is 0 Å². The number of hydrogen-bond donors (Lipinski definition) is 0. The van der Waals surface area contributed by atoms with Crippen molar-refractivity contribution in [2.45, 2.75) is 0 Å². The second-order valence-corrected chi connectivity index (χ2v) is 5.43. The Kier molecular flexibility index (Phi) is 5.46. The van der Waals surface area contributed by atoms with E-state index in [1.807, 2.05) is 0 Å². The Hall–Kier alpha value is -1.94. The molecule has 0 heterocycles. The summed E-state index contributed by atoms with van der Waals surface area (Å²) in [4.78, 5) is 21.7. The zero-order valence-corrected chi connectivity index (χ0v) is 10.4. The molecule has 0 aromatic carbocycles. The van der Waals surface area contributed by atoms with Crippen LogP contribution in [-0.4, -0.2) is 28.8 Å². The van der Waals surface area contributed by atoms with Gasteiger partial charge in [-0.15, -0.1) is 0 Å². The van der Waals surface area contributed by atoms with Gasteiger partial charge < -0.3 is 8.37 Å². The zero-order valence-electron chi connectivity index (χ0n) is 8.81. The van der Waals surface area contributed by atoms with E-state index in [-0.39, 0.29) is 0 Å². The fraction of sp³-hybridized carbons (Fsp3) is 0. The Labute approximate surface area is 103 Å². The highest BCUT2D eigenvalue weighted by molar-refractivity contribution is 7.90. The van der Waals surface area contributed by atoms with E-state index in [0.29, 0.717) is 23.0 Å². The highest BCUT2D eigenvalue weighted by Crippen LogP contribution is 1.98. The molecule has 0 aromatic rings. The Balaban J connectivity index is 4.59. The molecule has 0 rings (SSSR count). The van der Waals surface area contributed by atoms with Crippen LogP contribution in [0.2, 0.25) is 0 Å². The van der Waals surface area contributed by atoms with Crippen LogP contribution < -0.4 is 0 Å². The summed E-state index contributed by atoms with van der Waals surface area (Å²) in [7, 11) is -8.46. The fourth-order valence-corrected chi connectivity index (χ4v) is 1.19. The third kappa shape index (κ3) is 6.60. The van der Waals surface area contributed by atoms with Gasteiger partial charge in [-0.05, 0) is 0 Å². The molecule has 0 radical (unpaired) electrons. The molecule has 0 amide bonds. The van der Waals surface area contributed by atoms with Gasteiger partial charge in [-0.2, -0.15) is 16.8 Å². The summed E-state index contributed by atoms with van der Waals surface area (Å²) in [6.45, 7) is 5.74. The van der Waals surface area contributed by atoms with E-state index in [0.717, 1.165) is 0 Å². The van der Waals surface area contributed by atoms with Crippen molar-refractivity contribution in [2.24, 2.45) is 0 Å². The maximum Gasteiger partial charge on any atom is 0.347 e. The first-order chi connectivity index (χ1) is 8.12. The van der Waals surface area contributed by atoms with Gasteiger partial charge in [0, 0.05) is 12.2 Å². The van der Waals surface area contributed by atoms with Gasteiger partial charge in [0.2, 0.25) is 0 Å². The molecule has 0 saturated heterocycles. The number of hydrogen-bond acceptors (Lipinski definition) is 8. The second-order valence-electron chi connectivity index (χ2n) is 2.46. The molecule has 100 valence electrons. The van der Waals surface area contributed by atoms with Crippen LogP contribution in [-0.2, 0) is 38.2 Å². The van der Waals surface area contributed by atoms with E-state index < -0.39 is 32.2 Å². The minimum Gasteiger partial charge on any atom is -0.339 e. The molecule has 0 aliphatic heterocycles. The van der Waals surface area contributed by atoms with E-state index >= 15 is 0 Å². The summed E-state index contributed by atoms with van der Waals surface area (Å²) >= 11 is 0. The molecule has 0 fully saturated rings. The van der Waals surface area contributed by atoms with E-state index in [1.165, 1.54) is 0 Å². The van der Waals surface area contributed by atoms with Crippen LogP contribution in [0, 0.1) is 0 Å². The maximum atomic E-state index is 10.8. The molecule has 0 bridgehead atoms. The lowest BCUT2D eigenvalue weighted by molar-refractivity contribution is -0.131. The van der Waals surface area contributed by atoms with Crippen molar-refractivity contribution in [2.75, 3.05) is 0 Å². The normalized spacial score (nSPS) is 11.8. The summed E-state index contributed by atoms with van der Waals surface area (Å²) in [5.74, 6) is -2.83. The van der Waals surface area contributed by atoms with Crippen LogP contribution in [0.15, 0.2) is 36.1 Å². The molecule has 0 unspecified atom stereocenters. The Morgan fingerprint density at radius 3 is 1.28 bits per heavy atom. The van der Waals surface area contributed by atoms with Crippen LogP contribution in [0.25, 0.3) is 0 Å². The minimum atomic E-state index is -4.23. The second kappa shape index (κ2) is 6.12. The lowest BCUT2D eigenvalue weighted by Gasteiger charge is -1.97.